The Morgan fingerprint density at radius 1 is 0.466 bits per heavy atom. The summed E-state index contributed by atoms with van der Waals surface area (Å²) >= 11 is 0. The van der Waals surface area contributed by atoms with Crippen molar-refractivity contribution in [2.24, 2.45) is 23.7 Å². The molecule has 0 aliphatic heterocycles. The highest BCUT2D eigenvalue weighted by atomic mass is 19.4. The van der Waals surface area contributed by atoms with Crippen LogP contribution in [0.1, 0.15) is 38.9 Å². The molecule has 0 amide bonds. The number of allylic oxidation sites excluding steroid dienone is 12. The Labute approximate surface area is 320 Å². The highest BCUT2D eigenvalue weighted by Gasteiger charge is 2.49. The molecule has 4 aliphatic carbocycles. The third-order valence-corrected chi connectivity index (χ3v) is 10.5. The van der Waals surface area contributed by atoms with Gasteiger partial charge in [-0.2, -0.15) is 73.7 Å². The van der Waals surface area contributed by atoms with E-state index in [4.69, 9.17) is 0 Å². The molecule has 290 valence electrons. The van der Waals surface area contributed by atoms with Crippen LogP contribution in [0.15, 0.2) is 107 Å². The number of hydrogen-bond acceptors (Lipinski definition) is 4. The molecule has 7 rings (SSSR count). The summed E-state index contributed by atoms with van der Waals surface area (Å²) in [7, 11) is 0. The number of halogens is 12. The van der Waals surface area contributed by atoms with Gasteiger partial charge in [-0.1, -0.05) is 42.5 Å². The lowest BCUT2D eigenvalue weighted by molar-refractivity contribution is -0.144. The molecule has 4 atom stereocenters. The summed E-state index contributed by atoms with van der Waals surface area (Å²) in [5.41, 5.74) is -7.00. The molecule has 1 fully saturated rings. The molecule has 1 saturated carbocycles. The maximum atomic E-state index is 13.7. The van der Waals surface area contributed by atoms with Gasteiger partial charge in [-0.25, -0.2) is 0 Å². The van der Waals surface area contributed by atoms with E-state index in [9.17, 15) is 73.7 Å². The molecule has 0 saturated heterocycles. The van der Waals surface area contributed by atoms with Crippen LogP contribution in [0, 0.1) is 69.0 Å². The number of hydrogen-bond donors (Lipinski definition) is 0. The number of alkyl halides is 12. The molecule has 0 radical (unpaired) electrons. The predicted molar refractivity (Wildman–Crippen MR) is 182 cm³/mol. The fraction of sp³-hybridized carbons (Fsp3) is 0.190. The number of benzene rings is 3. The normalized spacial score (nSPS) is 20.9. The molecule has 4 aliphatic rings. The van der Waals surface area contributed by atoms with Gasteiger partial charge in [0.2, 0.25) is 0 Å². The zero-order valence-corrected chi connectivity index (χ0v) is 28.7. The first-order valence-electron chi connectivity index (χ1n) is 16.8. The Morgan fingerprint density at radius 2 is 0.948 bits per heavy atom. The zero-order chi connectivity index (χ0) is 42.3. The molecule has 58 heavy (non-hydrogen) atoms. The van der Waals surface area contributed by atoms with E-state index in [-0.39, 0.29) is 45.6 Å². The van der Waals surface area contributed by atoms with E-state index in [1.54, 1.807) is 36.4 Å². The lowest BCUT2D eigenvalue weighted by Crippen LogP contribution is -2.17. The van der Waals surface area contributed by atoms with Gasteiger partial charge in [-0.15, -0.1) is 0 Å². The largest absolute Gasteiger partial charge is 0.416 e. The quantitative estimate of drug-likeness (QED) is 0.190. The van der Waals surface area contributed by atoms with Gasteiger partial charge in [0.25, 0.3) is 0 Å². The number of fused-ring (bicyclic) bond motifs is 6. The number of rotatable bonds is 2. The summed E-state index contributed by atoms with van der Waals surface area (Å²) in [6.45, 7) is 0. The molecular formula is C42H18F12N4. The van der Waals surface area contributed by atoms with Crippen LogP contribution in [0.2, 0.25) is 0 Å². The van der Waals surface area contributed by atoms with Crippen molar-refractivity contribution in [2.75, 3.05) is 0 Å². The molecule has 0 bridgehead atoms. The van der Waals surface area contributed by atoms with Gasteiger partial charge < -0.3 is 0 Å². The van der Waals surface area contributed by atoms with Gasteiger partial charge in [0.1, 0.15) is 35.4 Å². The minimum atomic E-state index is -5.15. The fourth-order valence-electron chi connectivity index (χ4n) is 8.09. The van der Waals surface area contributed by atoms with Gasteiger partial charge >= 0.3 is 24.7 Å². The van der Waals surface area contributed by atoms with E-state index in [0.29, 0.717) is 35.4 Å². The van der Waals surface area contributed by atoms with E-state index < -0.39 is 92.9 Å². The highest BCUT2D eigenvalue weighted by Crippen LogP contribution is 2.59. The van der Waals surface area contributed by atoms with Gasteiger partial charge in [-0.05, 0) is 104 Å². The summed E-state index contributed by atoms with van der Waals surface area (Å²) < 4.78 is 165. The standard InChI is InChI=1S/C42H18F12N4/c43-39(44,45)25-5-21(6-26(11-25)40(46,47)48)19-1-3-29-31-13-32-30-4-2-20(22-7-27(41(49,50)51)12-28(8-22)42(52,53)54)10-34(30)38(24(17-57)18-58)36(32)14-35(31)37(33(29)9-19)23(15-55)16-56/h1-14,29,31,33,35H. The Balaban J connectivity index is 1.40. The van der Waals surface area contributed by atoms with Crippen molar-refractivity contribution >= 4 is 16.7 Å². The van der Waals surface area contributed by atoms with Gasteiger partial charge in [0, 0.05) is 17.4 Å². The second-order valence-electron chi connectivity index (χ2n) is 13.7. The third-order valence-electron chi connectivity index (χ3n) is 10.5. The maximum absolute atomic E-state index is 13.7. The highest BCUT2D eigenvalue weighted by molar-refractivity contribution is 6.11. The molecule has 16 heteroatoms. The molecule has 0 N–H and O–H groups in total. The lowest BCUT2D eigenvalue weighted by Gasteiger charge is -2.26. The summed E-state index contributed by atoms with van der Waals surface area (Å²) in [5, 5.41) is 40.1. The predicted octanol–water partition coefficient (Wildman–Crippen LogP) is 12.0. The van der Waals surface area contributed by atoms with Crippen molar-refractivity contribution in [2.45, 2.75) is 24.7 Å². The molecule has 0 heterocycles. The van der Waals surface area contributed by atoms with Crippen LogP contribution in [0.5, 0.6) is 0 Å². The van der Waals surface area contributed by atoms with Gasteiger partial charge in [0.05, 0.1) is 22.3 Å². The Bertz CT molecular complexity index is 2590. The van der Waals surface area contributed by atoms with E-state index >= 15 is 0 Å². The maximum Gasteiger partial charge on any atom is 0.416 e. The SMILES string of the molecule is N#CC(C#N)=C1C2=CC3C(=C(C#N)C#N)C4C=C(c5cc(C(F)(F)F)cc(C(F)(F)F)c5)C=CC4C3C=C2c2ccc(-c3cc(C(F)(F)F)cc(C(F)(F)F)c3)cc21. The van der Waals surface area contributed by atoms with Crippen LogP contribution in [0.3, 0.4) is 0 Å². The van der Waals surface area contributed by atoms with E-state index in [1.165, 1.54) is 36.4 Å². The molecule has 4 nitrogen and oxygen atoms in total. The van der Waals surface area contributed by atoms with Crippen LogP contribution in [0.25, 0.3) is 27.8 Å². The fourth-order valence-corrected chi connectivity index (χ4v) is 8.09. The van der Waals surface area contributed by atoms with Gasteiger partial charge in [0.15, 0.2) is 0 Å². The molecule has 0 spiro atoms. The summed E-state index contributed by atoms with van der Waals surface area (Å²) in [4.78, 5) is 0. The van der Waals surface area contributed by atoms with Crippen LogP contribution < -0.4 is 0 Å². The second-order valence-corrected chi connectivity index (χ2v) is 13.7. The number of nitriles is 4. The topological polar surface area (TPSA) is 95.2 Å². The molecular weight excluding hydrogens is 788 g/mol. The third kappa shape index (κ3) is 6.65. The minimum absolute atomic E-state index is 0.0164. The molecule has 4 unspecified atom stereocenters. The Hall–Kier alpha value is -6.78. The van der Waals surface area contributed by atoms with E-state index in [0.717, 1.165) is 0 Å². The monoisotopic (exact) mass is 806 g/mol. The van der Waals surface area contributed by atoms with Crippen molar-refractivity contribution < 1.29 is 52.7 Å². The van der Waals surface area contributed by atoms with Crippen LogP contribution >= 0.6 is 0 Å². The minimum Gasteiger partial charge on any atom is -0.192 e. The van der Waals surface area contributed by atoms with Crippen molar-refractivity contribution in [3.05, 3.63) is 146 Å². The van der Waals surface area contributed by atoms with E-state index in [1.807, 2.05) is 0 Å². The molecule has 0 aromatic heterocycles. The van der Waals surface area contributed by atoms with Crippen molar-refractivity contribution in [3.8, 4) is 35.4 Å². The average Bonchev–Trinajstić information content (AvgIpc) is 3.64. The molecule has 3 aromatic rings. The first kappa shape index (κ1) is 39.5. The van der Waals surface area contributed by atoms with Crippen molar-refractivity contribution in [1.29, 1.82) is 21.0 Å². The first-order valence-corrected chi connectivity index (χ1v) is 16.8. The lowest BCUT2D eigenvalue weighted by atomic mass is 9.77. The summed E-state index contributed by atoms with van der Waals surface area (Å²) in [6.07, 6.45) is -13.0. The smallest absolute Gasteiger partial charge is 0.192 e. The first-order chi connectivity index (χ1) is 27.1. The van der Waals surface area contributed by atoms with Gasteiger partial charge in [-0.3, -0.25) is 0 Å². The summed E-state index contributed by atoms with van der Waals surface area (Å²) in [6, 6.07) is 13.2. The average molecular weight is 807 g/mol. The molecule has 3 aromatic carbocycles. The van der Waals surface area contributed by atoms with Crippen LogP contribution in [-0.2, 0) is 24.7 Å². The summed E-state index contributed by atoms with van der Waals surface area (Å²) in [5.74, 6) is -3.04. The second kappa shape index (κ2) is 13.4. The number of nitrogens with zero attached hydrogens (tertiary/aromatic N) is 4. The Kier molecular flexibility index (Phi) is 9.13. The van der Waals surface area contributed by atoms with Crippen LogP contribution in [0.4, 0.5) is 52.7 Å². The Morgan fingerprint density at radius 3 is 1.43 bits per heavy atom. The van der Waals surface area contributed by atoms with Crippen molar-refractivity contribution in [1.82, 2.24) is 0 Å². The zero-order valence-electron chi connectivity index (χ0n) is 28.7. The van der Waals surface area contributed by atoms with E-state index in [2.05, 4.69) is 0 Å². The van der Waals surface area contributed by atoms with Crippen molar-refractivity contribution in [3.63, 3.8) is 0 Å². The van der Waals surface area contributed by atoms with Crippen LogP contribution in [-0.4, -0.2) is 0 Å².